The van der Waals surface area contributed by atoms with Crippen LogP contribution in [0.4, 0.5) is 0 Å². The molecular formula is C41H72O3S. The van der Waals surface area contributed by atoms with Crippen LogP contribution in [0.1, 0.15) is 199 Å². The Balaban J connectivity index is 1.49. The number of rotatable bonds is 25. The Morgan fingerprint density at radius 2 is 1.31 bits per heavy atom. The van der Waals surface area contributed by atoms with E-state index in [2.05, 4.69) is 46.8 Å². The lowest BCUT2D eigenvalue weighted by Gasteiger charge is -2.36. The Labute approximate surface area is 283 Å². The quantitative estimate of drug-likeness (QED) is 0.0850. The topological polar surface area (TPSA) is 46.5 Å². The van der Waals surface area contributed by atoms with Crippen LogP contribution < -0.4 is 0 Å². The number of hydrogen-bond donors (Lipinski definition) is 1. The van der Waals surface area contributed by atoms with E-state index >= 15 is 0 Å². The van der Waals surface area contributed by atoms with Gasteiger partial charge in [0.15, 0.2) is 0 Å². The minimum Gasteiger partial charge on any atom is -0.507 e. The highest BCUT2D eigenvalue weighted by Gasteiger charge is 2.33. The molecule has 45 heavy (non-hydrogen) atoms. The van der Waals surface area contributed by atoms with Crippen molar-refractivity contribution >= 4 is 17.7 Å². The van der Waals surface area contributed by atoms with Crippen LogP contribution >= 0.6 is 11.8 Å². The highest BCUT2D eigenvalue weighted by Crippen LogP contribution is 2.45. The Bertz CT molecular complexity index is 912. The van der Waals surface area contributed by atoms with E-state index < -0.39 is 0 Å². The second kappa shape index (κ2) is 23.2. The van der Waals surface area contributed by atoms with Gasteiger partial charge in [0.2, 0.25) is 0 Å². The number of benzene rings is 1. The van der Waals surface area contributed by atoms with Crippen LogP contribution in [0.2, 0.25) is 0 Å². The normalized spacial score (nSPS) is 15.0. The third kappa shape index (κ3) is 17.0. The molecule has 0 atom stereocenters. The molecular weight excluding hydrogens is 573 g/mol. The van der Waals surface area contributed by atoms with Crippen molar-refractivity contribution in [2.24, 2.45) is 0 Å². The predicted molar refractivity (Wildman–Crippen MR) is 198 cm³/mol. The summed E-state index contributed by atoms with van der Waals surface area (Å²) in [6, 6.07) is 4.54. The van der Waals surface area contributed by atoms with E-state index in [1.807, 2.05) is 11.8 Å². The number of esters is 1. The Hall–Kier alpha value is -1.16. The lowest BCUT2D eigenvalue weighted by Crippen LogP contribution is -2.26. The van der Waals surface area contributed by atoms with Gasteiger partial charge >= 0.3 is 5.97 Å². The molecule has 1 fully saturated rings. The van der Waals surface area contributed by atoms with Crippen LogP contribution in [0.3, 0.4) is 0 Å². The van der Waals surface area contributed by atoms with Gasteiger partial charge in [0.25, 0.3) is 0 Å². The largest absolute Gasteiger partial charge is 0.507 e. The molecule has 1 aliphatic carbocycles. The van der Waals surface area contributed by atoms with Crippen LogP contribution in [-0.4, -0.2) is 29.2 Å². The van der Waals surface area contributed by atoms with Crippen molar-refractivity contribution in [1.29, 1.82) is 0 Å². The van der Waals surface area contributed by atoms with E-state index in [0.29, 0.717) is 18.8 Å². The summed E-state index contributed by atoms with van der Waals surface area (Å²) in [7, 11) is 0. The zero-order valence-electron chi connectivity index (χ0n) is 30.4. The second-order valence-corrected chi connectivity index (χ2v) is 16.6. The zero-order chi connectivity index (χ0) is 32.8. The number of ether oxygens (including phenoxy) is 1. The van der Waals surface area contributed by atoms with Crippen LogP contribution in [0, 0.1) is 0 Å². The van der Waals surface area contributed by atoms with Crippen molar-refractivity contribution in [3.05, 3.63) is 28.8 Å². The van der Waals surface area contributed by atoms with E-state index in [0.717, 1.165) is 36.3 Å². The summed E-state index contributed by atoms with van der Waals surface area (Å²) < 4.78 is 5.49. The molecule has 0 aromatic heterocycles. The summed E-state index contributed by atoms with van der Waals surface area (Å²) in [4.78, 5) is 12.2. The molecule has 0 radical (unpaired) electrons. The molecule has 0 bridgehead atoms. The van der Waals surface area contributed by atoms with Crippen LogP contribution in [0.15, 0.2) is 12.1 Å². The Morgan fingerprint density at radius 1 is 0.778 bits per heavy atom. The molecule has 1 aromatic carbocycles. The lowest BCUT2D eigenvalue weighted by atomic mass is 9.69. The molecule has 1 N–H and O–H groups in total. The molecule has 260 valence electrons. The number of thioether (sulfide) groups is 1. The maximum atomic E-state index is 12.2. The highest BCUT2D eigenvalue weighted by atomic mass is 32.2. The van der Waals surface area contributed by atoms with Gasteiger partial charge in [-0.2, -0.15) is 11.8 Å². The second-order valence-electron chi connectivity index (χ2n) is 15.4. The minimum absolute atomic E-state index is 0.0515. The molecule has 0 heterocycles. The van der Waals surface area contributed by atoms with Crippen molar-refractivity contribution in [2.45, 2.75) is 200 Å². The number of carbonyl (C=O) groups is 1. The average Bonchev–Trinajstić information content (AvgIpc) is 3.00. The van der Waals surface area contributed by atoms with Gasteiger partial charge in [0.05, 0.1) is 13.0 Å². The minimum atomic E-state index is -0.0515. The van der Waals surface area contributed by atoms with Crippen LogP contribution in [0.5, 0.6) is 5.75 Å². The van der Waals surface area contributed by atoms with E-state index in [1.165, 1.54) is 140 Å². The van der Waals surface area contributed by atoms with Crippen molar-refractivity contribution in [1.82, 2.24) is 0 Å². The van der Waals surface area contributed by atoms with E-state index in [9.17, 15) is 9.90 Å². The number of unbranched alkanes of at least 4 members (excludes halogenated alkanes) is 15. The summed E-state index contributed by atoms with van der Waals surface area (Å²) in [5, 5.41) is 11.3. The summed E-state index contributed by atoms with van der Waals surface area (Å²) in [5.74, 6) is 2.30. The fraction of sp³-hybridized carbons (Fsp3) is 0.829. The molecule has 1 aliphatic rings. The van der Waals surface area contributed by atoms with Gasteiger partial charge in [0.1, 0.15) is 5.75 Å². The van der Waals surface area contributed by atoms with Gasteiger partial charge in [-0.1, -0.05) is 162 Å². The Kier molecular flexibility index (Phi) is 20.6. The molecule has 0 unspecified atom stereocenters. The molecule has 4 heteroatoms. The number of phenolic OH excluding ortho intramolecular Hbond substituents is 1. The number of aromatic hydroxyl groups is 1. The maximum Gasteiger partial charge on any atom is 0.306 e. The zero-order valence-corrected chi connectivity index (χ0v) is 31.2. The number of hydrogen-bond acceptors (Lipinski definition) is 4. The monoisotopic (exact) mass is 645 g/mol. The molecule has 2 rings (SSSR count). The molecule has 0 aliphatic heterocycles. The SMILES string of the molecule is CCCCCCCCCCCCCCCCCCOC(=O)CCSCCCc1cc(C(C)(C)C)cc(C2(C)CCCCC2)c1O. The van der Waals surface area contributed by atoms with Gasteiger partial charge in [-0.15, -0.1) is 0 Å². The van der Waals surface area contributed by atoms with E-state index in [-0.39, 0.29) is 16.8 Å². The fourth-order valence-corrected chi connectivity index (χ4v) is 7.77. The van der Waals surface area contributed by atoms with Gasteiger partial charge < -0.3 is 9.84 Å². The summed E-state index contributed by atoms with van der Waals surface area (Å²) in [6.45, 7) is 12.0. The van der Waals surface area contributed by atoms with E-state index in [4.69, 9.17) is 4.74 Å². The van der Waals surface area contributed by atoms with Crippen molar-refractivity contribution in [3.8, 4) is 5.75 Å². The maximum absolute atomic E-state index is 12.2. The molecule has 1 saturated carbocycles. The smallest absolute Gasteiger partial charge is 0.306 e. The fourth-order valence-electron chi connectivity index (χ4n) is 6.91. The molecule has 0 saturated heterocycles. The van der Waals surface area contributed by atoms with Crippen LogP contribution in [-0.2, 0) is 26.8 Å². The molecule has 0 spiro atoms. The first-order valence-electron chi connectivity index (χ1n) is 19.3. The standard InChI is InChI=1S/C41H72O3S/c1-6-7-8-9-10-11-12-13-14-15-16-17-18-19-20-24-30-44-38(42)27-32-45-31-25-26-35-33-36(40(2,3)4)34-37(39(35)43)41(5)28-22-21-23-29-41/h33-34,43H,6-32H2,1-5H3. The molecule has 1 aromatic rings. The summed E-state index contributed by atoms with van der Waals surface area (Å²) in [5.41, 5.74) is 3.74. The first kappa shape index (κ1) is 40.0. The van der Waals surface area contributed by atoms with Gasteiger partial charge in [0, 0.05) is 11.3 Å². The first-order valence-corrected chi connectivity index (χ1v) is 20.4. The number of carbonyl (C=O) groups excluding carboxylic acids is 1. The van der Waals surface area contributed by atoms with Gasteiger partial charge in [-0.05, 0) is 59.8 Å². The third-order valence-electron chi connectivity index (χ3n) is 10.1. The number of aryl methyl sites for hydroxylation is 1. The summed E-state index contributed by atoms with van der Waals surface area (Å²) >= 11 is 1.83. The molecule has 3 nitrogen and oxygen atoms in total. The van der Waals surface area contributed by atoms with E-state index in [1.54, 1.807) is 0 Å². The van der Waals surface area contributed by atoms with Crippen LogP contribution in [0.25, 0.3) is 0 Å². The first-order chi connectivity index (χ1) is 21.7. The Morgan fingerprint density at radius 3 is 1.84 bits per heavy atom. The van der Waals surface area contributed by atoms with Crippen molar-refractivity contribution in [2.75, 3.05) is 18.1 Å². The molecule has 0 amide bonds. The summed E-state index contributed by atoms with van der Waals surface area (Å²) in [6.07, 6.45) is 30.2. The van der Waals surface area contributed by atoms with Crippen molar-refractivity contribution < 1.29 is 14.6 Å². The van der Waals surface area contributed by atoms with Gasteiger partial charge in [-0.3, -0.25) is 4.79 Å². The predicted octanol–water partition coefficient (Wildman–Crippen LogP) is 12.8. The van der Waals surface area contributed by atoms with Crippen molar-refractivity contribution in [3.63, 3.8) is 0 Å². The average molecular weight is 645 g/mol. The number of phenols is 1. The third-order valence-corrected chi connectivity index (χ3v) is 11.2. The highest BCUT2D eigenvalue weighted by molar-refractivity contribution is 7.99. The van der Waals surface area contributed by atoms with Gasteiger partial charge in [-0.25, -0.2) is 0 Å². The lowest BCUT2D eigenvalue weighted by molar-refractivity contribution is -0.143.